The van der Waals surface area contributed by atoms with Crippen molar-refractivity contribution in [3.63, 3.8) is 0 Å². The van der Waals surface area contributed by atoms with Crippen LogP contribution in [-0.2, 0) is 6.18 Å². The molecule has 42 heavy (non-hydrogen) atoms. The summed E-state index contributed by atoms with van der Waals surface area (Å²) in [5.41, 5.74) is -1.32. The van der Waals surface area contributed by atoms with Gasteiger partial charge in [0, 0.05) is 36.5 Å². The van der Waals surface area contributed by atoms with Gasteiger partial charge in [0.1, 0.15) is 22.6 Å². The number of aromatic amines is 1. The molecule has 0 aliphatic heterocycles. The third kappa shape index (κ3) is 4.92. The van der Waals surface area contributed by atoms with E-state index in [9.17, 15) is 27.2 Å². The predicted octanol–water partition coefficient (Wildman–Crippen LogP) is 7.12. The first-order chi connectivity index (χ1) is 20.1. The fourth-order valence-corrected chi connectivity index (χ4v) is 4.66. The number of benzene rings is 2. The molecule has 8 nitrogen and oxygen atoms in total. The number of nitrogens with zero attached hydrogens (tertiary/aromatic N) is 3. The molecule has 210 valence electrons. The Balaban J connectivity index is 1.33. The second-order valence-electron chi connectivity index (χ2n) is 9.03. The van der Waals surface area contributed by atoms with Gasteiger partial charge in [0.25, 0.3) is 5.91 Å². The van der Waals surface area contributed by atoms with Gasteiger partial charge in [0.05, 0.1) is 27.0 Å². The smallest absolute Gasteiger partial charge is 0.416 e. The van der Waals surface area contributed by atoms with Gasteiger partial charge in [0.15, 0.2) is 11.6 Å². The van der Waals surface area contributed by atoms with Crippen molar-refractivity contribution in [3.05, 3.63) is 118 Å². The van der Waals surface area contributed by atoms with Crippen LogP contribution < -0.4 is 15.5 Å². The highest BCUT2D eigenvalue weighted by Gasteiger charge is 2.31. The summed E-state index contributed by atoms with van der Waals surface area (Å²) in [6, 6.07) is 12.6. The third-order valence-corrected chi connectivity index (χ3v) is 6.67. The SMILES string of the molecule is O=C(Nc1ccc(Oc2ccnc3[nH]ccc23)c(F)c1)c1cn(-c2ccc(C(F)(F)F)cc2Cl)c2ncccc2c1=O. The van der Waals surface area contributed by atoms with Crippen LogP contribution in [-0.4, -0.2) is 25.4 Å². The van der Waals surface area contributed by atoms with Crippen LogP contribution in [0.2, 0.25) is 5.02 Å². The summed E-state index contributed by atoms with van der Waals surface area (Å²) in [5.74, 6) is -1.43. The van der Waals surface area contributed by atoms with Gasteiger partial charge in [-0.3, -0.25) is 14.2 Å². The number of alkyl halides is 3. The number of ether oxygens (including phenoxy) is 1. The van der Waals surface area contributed by atoms with Gasteiger partial charge in [-0.05, 0) is 54.6 Å². The molecule has 0 unspecified atom stereocenters. The van der Waals surface area contributed by atoms with Gasteiger partial charge in [-0.15, -0.1) is 0 Å². The lowest BCUT2D eigenvalue weighted by atomic mass is 10.1. The van der Waals surface area contributed by atoms with Crippen molar-refractivity contribution < 1.29 is 27.1 Å². The Morgan fingerprint density at radius 3 is 2.57 bits per heavy atom. The van der Waals surface area contributed by atoms with Crippen molar-refractivity contribution in [1.82, 2.24) is 19.5 Å². The van der Waals surface area contributed by atoms with Crippen molar-refractivity contribution in [2.45, 2.75) is 6.18 Å². The molecular formula is C29H16ClF4N5O3. The van der Waals surface area contributed by atoms with Crippen LogP contribution in [0.4, 0.5) is 23.2 Å². The van der Waals surface area contributed by atoms with E-state index in [0.717, 1.165) is 30.5 Å². The van der Waals surface area contributed by atoms with Gasteiger partial charge >= 0.3 is 6.18 Å². The standard InChI is InChI=1S/C29H16ClF4N5O3/c30-20-12-15(29(32,33)34)3-5-22(20)39-14-19(25(40)18-2-1-9-37-27(18)39)28(41)38-16-4-6-24(21(31)13-16)42-23-8-11-36-26-17(23)7-10-35-26/h1-14H,(H,35,36)(H,38,41). The molecule has 0 saturated carbocycles. The van der Waals surface area contributed by atoms with Gasteiger partial charge in [-0.1, -0.05) is 11.6 Å². The van der Waals surface area contributed by atoms with Crippen LogP contribution >= 0.6 is 11.6 Å². The van der Waals surface area contributed by atoms with Gasteiger partial charge < -0.3 is 15.0 Å². The zero-order valence-corrected chi connectivity index (χ0v) is 21.8. The molecule has 2 aromatic carbocycles. The fourth-order valence-electron chi connectivity index (χ4n) is 4.39. The number of hydrogen-bond acceptors (Lipinski definition) is 5. The number of fused-ring (bicyclic) bond motifs is 2. The van der Waals surface area contributed by atoms with Crippen LogP contribution in [0.5, 0.6) is 11.5 Å². The fraction of sp³-hybridized carbons (Fsp3) is 0.0345. The maximum Gasteiger partial charge on any atom is 0.416 e. The second-order valence-corrected chi connectivity index (χ2v) is 9.44. The molecule has 0 radical (unpaired) electrons. The monoisotopic (exact) mass is 593 g/mol. The van der Waals surface area contributed by atoms with E-state index < -0.39 is 28.9 Å². The molecule has 0 saturated heterocycles. The zero-order chi connectivity index (χ0) is 29.6. The zero-order valence-electron chi connectivity index (χ0n) is 21.0. The molecule has 0 spiro atoms. The average Bonchev–Trinajstić information content (AvgIpc) is 3.45. The number of anilines is 1. The Morgan fingerprint density at radius 2 is 1.81 bits per heavy atom. The van der Waals surface area contributed by atoms with Gasteiger partial charge in [-0.2, -0.15) is 13.2 Å². The Labute approximate surface area is 238 Å². The lowest BCUT2D eigenvalue weighted by Gasteiger charge is -2.16. The van der Waals surface area contributed by atoms with E-state index in [1.807, 2.05) is 0 Å². The molecule has 4 heterocycles. The number of pyridine rings is 3. The molecule has 0 atom stereocenters. The van der Waals surface area contributed by atoms with Crippen LogP contribution in [0.15, 0.2) is 90.2 Å². The molecule has 6 aromatic rings. The highest BCUT2D eigenvalue weighted by atomic mass is 35.5. The molecule has 4 aromatic heterocycles. The van der Waals surface area contributed by atoms with Crippen molar-refractivity contribution in [2.24, 2.45) is 0 Å². The summed E-state index contributed by atoms with van der Waals surface area (Å²) in [5, 5.41) is 2.86. The minimum absolute atomic E-state index is 0.0180. The summed E-state index contributed by atoms with van der Waals surface area (Å²) in [6.07, 6.45) is 1.06. The molecule has 0 aliphatic carbocycles. The minimum Gasteiger partial charge on any atom is -0.453 e. The van der Waals surface area contributed by atoms with E-state index in [4.69, 9.17) is 16.3 Å². The molecule has 0 fully saturated rings. The minimum atomic E-state index is -4.63. The molecule has 2 N–H and O–H groups in total. The Kier molecular flexibility index (Phi) is 6.62. The number of H-pyrrole nitrogens is 1. The quantitative estimate of drug-likeness (QED) is 0.207. The van der Waals surface area contributed by atoms with E-state index >= 15 is 0 Å². The lowest BCUT2D eigenvalue weighted by Crippen LogP contribution is -2.24. The number of halogens is 5. The molecule has 0 bridgehead atoms. The van der Waals surface area contributed by atoms with Crippen molar-refractivity contribution >= 4 is 45.3 Å². The Morgan fingerprint density at radius 1 is 0.976 bits per heavy atom. The average molecular weight is 594 g/mol. The molecule has 13 heteroatoms. The van der Waals surface area contributed by atoms with Gasteiger partial charge in [0.2, 0.25) is 5.43 Å². The summed E-state index contributed by atoms with van der Waals surface area (Å²) >= 11 is 6.20. The van der Waals surface area contributed by atoms with Crippen LogP contribution in [0.25, 0.3) is 27.8 Å². The maximum atomic E-state index is 15.0. The summed E-state index contributed by atoms with van der Waals surface area (Å²) < 4.78 is 61.5. The number of rotatable bonds is 5. The maximum absolute atomic E-state index is 15.0. The van der Waals surface area contributed by atoms with Crippen molar-refractivity contribution in [3.8, 4) is 17.2 Å². The highest BCUT2D eigenvalue weighted by molar-refractivity contribution is 6.32. The summed E-state index contributed by atoms with van der Waals surface area (Å²) in [4.78, 5) is 37.7. The van der Waals surface area contributed by atoms with Gasteiger partial charge in [-0.25, -0.2) is 14.4 Å². The number of carbonyl (C=O) groups is 1. The lowest BCUT2D eigenvalue weighted by molar-refractivity contribution is -0.137. The van der Waals surface area contributed by atoms with E-state index in [1.165, 1.54) is 41.2 Å². The predicted molar refractivity (Wildman–Crippen MR) is 148 cm³/mol. The van der Waals surface area contributed by atoms with E-state index in [2.05, 4.69) is 20.3 Å². The van der Waals surface area contributed by atoms with E-state index in [-0.39, 0.29) is 38.7 Å². The first-order valence-electron chi connectivity index (χ1n) is 12.2. The second kappa shape index (κ2) is 10.3. The van der Waals surface area contributed by atoms with E-state index in [0.29, 0.717) is 16.8 Å². The molecular weight excluding hydrogens is 578 g/mol. The normalized spacial score (nSPS) is 11.6. The number of nitrogens with one attached hydrogen (secondary N) is 2. The number of amides is 1. The number of hydrogen-bond donors (Lipinski definition) is 2. The highest BCUT2D eigenvalue weighted by Crippen LogP contribution is 2.34. The van der Waals surface area contributed by atoms with Crippen LogP contribution in [0.1, 0.15) is 15.9 Å². The number of aromatic nitrogens is 4. The summed E-state index contributed by atoms with van der Waals surface area (Å²) in [6.45, 7) is 0. The first kappa shape index (κ1) is 27.0. The number of carbonyl (C=O) groups excluding carboxylic acids is 1. The first-order valence-corrected chi connectivity index (χ1v) is 12.6. The molecule has 1 amide bonds. The van der Waals surface area contributed by atoms with Crippen molar-refractivity contribution in [1.29, 1.82) is 0 Å². The van der Waals surface area contributed by atoms with Crippen LogP contribution in [0, 0.1) is 5.82 Å². The molecule has 6 rings (SSSR count). The van der Waals surface area contributed by atoms with Crippen molar-refractivity contribution in [2.75, 3.05) is 5.32 Å². The van der Waals surface area contributed by atoms with E-state index in [1.54, 1.807) is 18.3 Å². The largest absolute Gasteiger partial charge is 0.453 e. The third-order valence-electron chi connectivity index (χ3n) is 6.37. The van der Waals surface area contributed by atoms with Crippen LogP contribution in [0.3, 0.4) is 0 Å². The topological polar surface area (TPSA) is 102 Å². The molecule has 0 aliphatic rings. The Hall–Kier alpha value is -5.23. The Bertz CT molecular complexity index is 2070. The summed E-state index contributed by atoms with van der Waals surface area (Å²) in [7, 11) is 0.